The SMILES string of the molecule is CNC(=O)CCN(C)C(=O)N(C)C(C)(C)C(=O)O. The van der Waals surface area contributed by atoms with Crippen molar-refractivity contribution < 1.29 is 19.5 Å². The number of likely N-dealkylation sites (N-methyl/N-ethyl adjacent to an activating group) is 1. The van der Waals surface area contributed by atoms with Crippen LogP contribution in [0.15, 0.2) is 0 Å². The number of carboxylic acids is 1. The Morgan fingerprint density at radius 3 is 2.11 bits per heavy atom. The van der Waals surface area contributed by atoms with Gasteiger partial charge < -0.3 is 20.2 Å². The van der Waals surface area contributed by atoms with Gasteiger partial charge >= 0.3 is 12.0 Å². The third-order valence-electron chi connectivity index (χ3n) is 2.93. The summed E-state index contributed by atoms with van der Waals surface area (Å²) in [5.74, 6) is -1.26. The van der Waals surface area contributed by atoms with Crippen LogP contribution in [0.4, 0.5) is 4.79 Å². The van der Waals surface area contributed by atoms with Gasteiger partial charge in [-0.3, -0.25) is 4.79 Å². The first-order chi connectivity index (χ1) is 8.14. The first kappa shape index (κ1) is 16.2. The van der Waals surface area contributed by atoms with Gasteiger partial charge in [-0.05, 0) is 13.8 Å². The highest BCUT2D eigenvalue weighted by Gasteiger charge is 2.36. The average molecular weight is 259 g/mol. The molecule has 0 saturated carbocycles. The summed E-state index contributed by atoms with van der Waals surface area (Å²) in [5, 5.41) is 11.5. The zero-order chi connectivity index (χ0) is 14.5. The van der Waals surface area contributed by atoms with Crippen molar-refractivity contribution in [3.05, 3.63) is 0 Å². The minimum Gasteiger partial charge on any atom is -0.480 e. The minimum absolute atomic E-state index is 0.171. The van der Waals surface area contributed by atoms with Crippen LogP contribution in [0.1, 0.15) is 20.3 Å². The van der Waals surface area contributed by atoms with E-state index in [-0.39, 0.29) is 18.9 Å². The second-order valence-corrected chi connectivity index (χ2v) is 4.55. The molecule has 0 aliphatic heterocycles. The van der Waals surface area contributed by atoms with Crippen LogP contribution in [-0.2, 0) is 9.59 Å². The predicted molar refractivity (Wildman–Crippen MR) is 66.2 cm³/mol. The molecule has 0 aromatic rings. The Labute approximate surface area is 107 Å². The van der Waals surface area contributed by atoms with Gasteiger partial charge in [-0.15, -0.1) is 0 Å². The Kier molecular flexibility index (Phi) is 5.61. The van der Waals surface area contributed by atoms with E-state index in [1.54, 1.807) is 0 Å². The zero-order valence-electron chi connectivity index (χ0n) is 11.5. The molecular weight excluding hydrogens is 238 g/mol. The summed E-state index contributed by atoms with van der Waals surface area (Å²) in [6, 6.07) is -0.439. The molecule has 0 spiro atoms. The van der Waals surface area contributed by atoms with E-state index in [1.807, 2.05) is 0 Å². The summed E-state index contributed by atoms with van der Waals surface area (Å²) in [6.45, 7) is 3.12. The largest absolute Gasteiger partial charge is 0.480 e. The lowest BCUT2D eigenvalue weighted by atomic mass is 10.0. The molecule has 0 fully saturated rings. The molecule has 3 amide bonds. The standard InChI is InChI=1S/C11H21N3O4/c1-11(2,9(16)17)14(5)10(18)13(4)7-6-8(15)12-3/h6-7H2,1-5H3,(H,12,15)(H,16,17). The average Bonchev–Trinajstić information content (AvgIpc) is 2.32. The molecule has 0 aromatic heterocycles. The lowest BCUT2D eigenvalue weighted by Gasteiger charge is -2.34. The number of urea groups is 1. The van der Waals surface area contributed by atoms with Crippen molar-refractivity contribution >= 4 is 17.9 Å². The minimum atomic E-state index is -1.29. The monoisotopic (exact) mass is 259 g/mol. The highest BCUT2D eigenvalue weighted by atomic mass is 16.4. The maximum atomic E-state index is 12.0. The van der Waals surface area contributed by atoms with Gasteiger partial charge in [-0.25, -0.2) is 9.59 Å². The fraction of sp³-hybridized carbons (Fsp3) is 0.727. The summed E-state index contributed by atoms with van der Waals surface area (Å²) in [5.41, 5.74) is -1.29. The molecule has 0 unspecified atom stereocenters. The van der Waals surface area contributed by atoms with E-state index in [2.05, 4.69) is 5.32 Å². The number of hydrogen-bond donors (Lipinski definition) is 2. The molecule has 0 saturated heterocycles. The van der Waals surface area contributed by atoms with Gasteiger partial charge in [0.1, 0.15) is 5.54 Å². The van der Waals surface area contributed by atoms with E-state index in [4.69, 9.17) is 5.11 Å². The number of carbonyl (C=O) groups excluding carboxylic acids is 2. The molecule has 0 bridgehead atoms. The molecule has 2 N–H and O–H groups in total. The van der Waals surface area contributed by atoms with Crippen LogP contribution >= 0.6 is 0 Å². The molecule has 18 heavy (non-hydrogen) atoms. The van der Waals surface area contributed by atoms with Crippen LogP contribution in [0.25, 0.3) is 0 Å². The first-order valence-corrected chi connectivity index (χ1v) is 5.57. The van der Waals surface area contributed by atoms with E-state index >= 15 is 0 Å². The van der Waals surface area contributed by atoms with Crippen molar-refractivity contribution in [3.8, 4) is 0 Å². The van der Waals surface area contributed by atoms with Gasteiger partial charge in [0.05, 0.1) is 0 Å². The summed E-state index contributed by atoms with van der Waals surface area (Å²) >= 11 is 0. The second-order valence-electron chi connectivity index (χ2n) is 4.55. The van der Waals surface area contributed by atoms with Gasteiger partial charge in [0.2, 0.25) is 5.91 Å². The summed E-state index contributed by atoms with van der Waals surface area (Å²) in [6.07, 6.45) is 0.181. The molecule has 0 aliphatic carbocycles. The summed E-state index contributed by atoms with van der Waals surface area (Å²) < 4.78 is 0. The van der Waals surface area contributed by atoms with Crippen molar-refractivity contribution in [3.63, 3.8) is 0 Å². The van der Waals surface area contributed by atoms with E-state index in [9.17, 15) is 14.4 Å². The normalized spacial score (nSPS) is 10.7. The highest BCUT2D eigenvalue weighted by Crippen LogP contribution is 2.14. The fourth-order valence-corrected chi connectivity index (χ4v) is 1.13. The number of amides is 3. The van der Waals surface area contributed by atoms with Gasteiger partial charge in [-0.1, -0.05) is 0 Å². The second kappa shape index (κ2) is 6.23. The Hall–Kier alpha value is -1.79. The summed E-state index contributed by atoms with van der Waals surface area (Å²) in [4.78, 5) is 36.5. The van der Waals surface area contributed by atoms with Crippen molar-refractivity contribution in [1.29, 1.82) is 0 Å². The van der Waals surface area contributed by atoms with Crippen molar-refractivity contribution in [1.82, 2.24) is 15.1 Å². The van der Waals surface area contributed by atoms with E-state index in [0.29, 0.717) is 0 Å². The van der Waals surface area contributed by atoms with Crippen LogP contribution in [0, 0.1) is 0 Å². The molecule has 0 aromatic carbocycles. The number of nitrogens with zero attached hydrogens (tertiary/aromatic N) is 2. The number of carboxylic acid groups (broad SMARTS) is 1. The number of aliphatic carboxylic acids is 1. The molecule has 104 valence electrons. The topological polar surface area (TPSA) is 90.0 Å². The van der Waals surface area contributed by atoms with Crippen molar-refractivity contribution in [2.45, 2.75) is 25.8 Å². The van der Waals surface area contributed by atoms with Crippen molar-refractivity contribution in [2.75, 3.05) is 27.7 Å². The quantitative estimate of drug-likeness (QED) is 0.725. The molecule has 0 aliphatic rings. The zero-order valence-corrected chi connectivity index (χ0v) is 11.5. The lowest BCUT2D eigenvalue weighted by molar-refractivity contribution is -0.147. The van der Waals surface area contributed by atoms with Gasteiger partial charge in [0, 0.05) is 34.1 Å². The number of hydrogen-bond acceptors (Lipinski definition) is 3. The number of rotatable bonds is 5. The van der Waals surface area contributed by atoms with Crippen LogP contribution in [0.2, 0.25) is 0 Å². The lowest BCUT2D eigenvalue weighted by Crippen LogP contribution is -2.54. The van der Waals surface area contributed by atoms with E-state index in [1.165, 1.54) is 39.9 Å². The molecule has 0 rings (SSSR count). The highest BCUT2D eigenvalue weighted by molar-refractivity contribution is 5.85. The Morgan fingerprint density at radius 2 is 1.72 bits per heavy atom. The number of carbonyl (C=O) groups is 3. The van der Waals surface area contributed by atoms with Crippen LogP contribution < -0.4 is 5.32 Å². The summed E-state index contributed by atoms with van der Waals surface area (Å²) in [7, 11) is 4.47. The van der Waals surface area contributed by atoms with Gasteiger partial charge in [-0.2, -0.15) is 0 Å². The third-order valence-corrected chi connectivity index (χ3v) is 2.93. The fourth-order valence-electron chi connectivity index (χ4n) is 1.13. The number of nitrogens with one attached hydrogen (secondary N) is 1. The Morgan fingerprint density at radius 1 is 1.22 bits per heavy atom. The predicted octanol–water partition coefficient (Wildman–Crippen LogP) is -0.0307. The molecular formula is C11H21N3O4. The molecule has 7 heteroatoms. The van der Waals surface area contributed by atoms with Crippen molar-refractivity contribution in [2.24, 2.45) is 0 Å². The van der Waals surface area contributed by atoms with E-state index < -0.39 is 17.5 Å². The maximum Gasteiger partial charge on any atom is 0.329 e. The molecule has 0 atom stereocenters. The molecule has 0 radical (unpaired) electrons. The third kappa shape index (κ3) is 3.90. The first-order valence-electron chi connectivity index (χ1n) is 5.57. The smallest absolute Gasteiger partial charge is 0.329 e. The molecule has 7 nitrogen and oxygen atoms in total. The van der Waals surface area contributed by atoms with Crippen LogP contribution in [0.5, 0.6) is 0 Å². The van der Waals surface area contributed by atoms with Crippen LogP contribution in [-0.4, -0.2) is 66.0 Å². The molecule has 0 heterocycles. The van der Waals surface area contributed by atoms with Gasteiger partial charge in [0.15, 0.2) is 0 Å². The van der Waals surface area contributed by atoms with Crippen LogP contribution in [0.3, 0.4) is 0 Å². The maximum absolute atomic E-state index is 12.0. The Bertz CT molecular complexity index is 341. The Balaban J connectivity index is 4.55. The van der Waals surface area contributed by atoms with Gasteiger partial charge in [0.25, 0.3) is 0 Å². The van der Waals surface area contributed by atoms with E-state index in [0.717, 1.165) is 4.90 Å².